The first-order valence-electron chi connectivity index (χ1n) is 20.3. The fourth-order valence-electron chi connectivity index (χ4n) is 7.06. The second kappa shape index (κ2) is 20.8. The molecule has 3 heterocycles. The van der Waals surface area contributed by atoms with Crippen molar-refractivity contribution in [3.05, 3.63) is 163 Å². The highest BCUT2D eigenvalue weighted by Crippen LogP contribution is 2.37. The van der Waals surface area contributed by atoms with Gasteiger partial charge in [-0.1, -0.05) is 59.6 Å². The number of nitriles is 1. The standard InChI is InChI=1S/C49H45Cl2N5O8/c1-28-34(26-63-46-14-44(61-24-32-10-31(16-52)17-53-18-32)37(12-41(46)50)21-56-48(30(3)58)49(59)60)6-4-8-39(28)40-9-5-7-35(29(40)2)27-64-47-15-45(38(23-57)13-42(47)51)62-25-33-11-36(20-54-19-33)43-22-55-43/h4-15,17-20,30,48,56-58H,21-27H2,1-3H3,(H,59,60)/t30-,48+/m1/s1. The maximum atomic E-state index is 11.8. The molecule has 7 rings (SSSR count). The lowest BCUT2D eigenvalue weighted by Gasteiger charge is -2.20. The van der Waals surface area contributed by atoms with Crippen LogP contribution >= 0.6 is 23.2 Å². The van der Waals surface area contributed by atoms with Gasteiger partial charge in [-0.05, 0) is 78.4 Å². The van der Waals surface area contributed by atoms with E-state index in [4.69, 9.17) is 42.1 Å². The molecule has 328 valence electrons. The van der Waals surface area contributed by atoms with Crippen molar-refractivity contribution >= 4 is 34.9 Å². The van der Waals surface area contributed by atoms with Crippen LogP contribution in [0.15, 0.2) is 103 Å². The number of aliphatic hydroxyl groups excluding tert-OH is 2. The Bertz CT molecular complexity index is 2760. The minimum Gasteiger partial charge on any atom is -0.488 e. The van der Waals surface area contributed by atoms with Crippen LogP contribution in [-0.2, 0) is 44.4 Å². The molecule has 4 aromatic carbocycles. The summed E-state index contributed by atoms with van der Waals surface area (Å²) in [6.45, 7) is 6.62. The van der Waals surface area contributed by atoms with Gasteiger partial charge in [0, 0.05) is 71.3 Å². The number of aromatic nitrogens is 2. The van der Waals surface area contributed by atoms with E-state index in [2.05, 4.69) is 38.5 Å². The summed E-state index contributed by atoms with van der Waals surface area (Å²) in [6, 6.07) is 23.2. The zero-order valence-corrected chi connectivity index (χ0v) is 36.8. The molecule has 13 nitrogen and oxygen atoms in total. The van der Waals surface area contributed by atoms with Crippen LogP contribution in [0, 0.1) is 25.2 Å². The summed E-state index contributed by atoms with van der Waals surface area (Å²) < 4.78 is 24.9. The van der Waals surface area contributed by atoms with Crippen molar-refractivity contribution in [2.24, 2.45) is 4.99 Å². The number of ether oxygens (including phenoxy) is 4. The molecule has 0 saturated heterocycles. The maximum Gasteiger partial charge on any atom is 0.323 e. The van der Waals surface area contributed by atoms with Gasteiger partial charge >= 0.3 is 5.97 Å². The topological polar surface area (TPSA) is 189 Å². The van der Waals surface area contributed by atoms with Gasteiger partial charge in [0.1, 0.15) is 61.5 Å². The number of aliphatic carboxylic acids is 1. The molecule has 0 amide bonds. The van der Waals surface area contributed by atoms with Crippen molar-refractivity contribution in [2.45, 2.75) is 72.5 Å². The summed E-state index contributed by atoms with van der Waals surface area (Å²) in [5.74, 6) is 0.364. The Morgan fingerprint density at radius 1 is 0.750 bits per heavy atom. The molecule has 0 fully saturated rings. The van der Waals surface area contributed by atoms with E-state index in [9.17, 15) is 25.4 Å². The van der Waals surface area contributed by atoms with Crippen molar-refractivity contribution in [2.75, 3.05) is 6.54 Å². The number of aliphatic imine (C=N–C) groups is 1. The highest BCUT2D eigenvalue weighted by Gasteiger charge is 2.24. The van der Waals surface area contributed by atoms with E-state index in [-0.39, 0.29) is 44.6 Å². The zero-order valence-electron chi connectivity index (χ0n) is 35.3. The highest BCUT2D eigenvalue weighted by atomic mass is 35.5. The summed E-state index contributed by atoms with van der Waals surface area (Å²) in [5, 5.41) is 42.5. The first-order chi connectivity index (χ1) is 30.9. The van der Waals surface area contributed by atoms with Gasteiger partial charge in [-0.15, -0.1) is 0 Å². The molecule has 64 heavy (non-hydrogen) atoms. The number of hydrogen-bond acceptors (Lipinski definition) is 12. The summed E-state index contributed by atoms with van der Waals surface area (Å²) in [6.07, 6.45) is 5.40. The first-order valence-corrected chi connectivity index (χ1v) is 21.1. The third-order valence-electron chi connectivity index (χ3n) is 10.8. The van der Waals surface area contributed by atoms with Crippen LogP contribution in [0.25, 0.3) is 11.1 Å². The van der Waals surface area contributed by atoms with E-state index in [1.54, 1.807) is 48.9 Å². The molecule has 0 radical (unpaired) electrons. The number of halogens is 2. The molecule has 2 atom stereocenters. The van der Waals surface area contributed by atoms with Gasteiger partial charge < -0.3 is 34.3 Å². The lowest BCUT2D eigenvalue weighted by molar-refractivity contribution is -0.142. The predicted octanol–water partition coefficient (Wildman–Crippen LogP) is 8.47. The smallest absolute Gasteiger partial charge is 0.323 e. The summed E-state index contributed by atoms with van der Waals surface area (Å²) in [7, 11) is 0. The molecule has 0 bridgehead atoms. The number of nitrogens with zero attached hydrogens (tertiary/aromatic N) is 4. The summed E-state index contributed by atoms with van der Waals surface area (Å²) in [5.41, 5.74) is 10.8. The lowest BCUT2D eigenvalue weighted by Crippen LogP contribution is -2.44. The van der Waals surface area contributed by atoms with Gasteiger partial charge in [0.15, 0.2) is 0 Å². The number of nitrogens with one attached hydrogen (secondary N) is 1. The summed E-state index contributed by atoms with van der Waals surface area (Å²) in [4.78, 5) is 24.4. The molecule has 4 N–H and O–H groups in total. The SMILES string of the molecule is Cc1c(COc2cc(OCc3cncc(C4=NC4)c3)c(CO)cc2Cl)cccc1-c1cccc(COc2cc(OCc3cncc(C#N)c3)c(CN[C@H](C(=O)O)[C@@H](C)O)cc2Cl)c1C. The number of carboxylic acid groups (broad SMARTS) is 1. The van der Waals surface area contributed by atoms with E-state index in [1.165, 1.54) is 13.1 Å². The molecular formula is C49H45Cl2N5O8. The minimum atomic E-state index is -1.23. The van der Waals surface area contributed by atoms with Gasteiger partial charge in [0.25, 0.3) is 0 Å². The van der Waals surface area contributed by atoms with Crippen molar-refractivity contribution in [1.29, 1.82) is 5.26 Å². The normalized spacial score (nSPS) is 12.8. The van der Waals surface area contributed by atoms with E-state index in [0.29, 0.717) is 50.3 Å². The fraction of sp³-hybridized carbons (Fsp3) is 0.245. The number of aliphatic hydroxyl groups is 2. The Morgan fingerprint density at radius 3 is 1.81 bits per heavy atom. The van der Waals surface area contributed by atoms with E-state index in [1.807, 2.05) is 44.2 Å². The summed E-state index contributed by atoms with van der Waals surface area (Å²) >= 11 is 13.4. The Morgan fingerprint density at radius 2 is 1.28 bits per heavy atom. The molecule has 0 unspecified atom stereocenters. The second-order valence-electron chi connectivity index (χ2n) is 15.2. The third kappa shape index (κ3) is 11.2. The van der Waals surface area contributed by atoms with Gasteiger partial charge in [-0.3, -0.25) is 25.1 Å². The van der Waals surface area contributed by atoms with Crippen LogP contribution in [0.5, 0.6) is 23.0 Å². The van der Waals surface area contributed by atoms with Crippen LogP contribution in [0.3, 0.4) is 0 Å². The van der Waals surface area contributed by atoms with Crippen molar-refractivity contribution in [3.8, 4) is 40.2 Å². The second-order valence-corrected chi connectivity index (χ2v) is 16.1. The monoisotopic (exact) mass is 901 g/mol. The van der Waals surface area contributed by atoms with Crippen LogP contribution in [0.2, 0.25) is 10.0 Å². The van der Waals surface area contributed by atoms with Gasteiger partial charge in [0.05, 0.1) is 40.6 Å². The lowest BCUT2D eigenvalue weighted by atomic mass is 9.92. The Hall–Kier alpha value is -6.53. The number of hydrogen-bond donors (Lipinski definition) is 4. The van der Waals surface area contributed by atoms with Crippen LogP contribution in [0.1, 0.15) is 62.6 Å². The van der Waals surface area contributed by atoms with Gasteiger partial charge in [-0.25, -0.2) is 0 Å². The zero-order chi connectivity index (χ0) is 45.3. The van der Waals surface area contributed by atoms with E-state index >= 15 is 0 Å². The van der Waals surface area contributed by atoms with Crippen molar-refractivity contribution < 1.29 is 39.1 Å². The van der Waals surface area contributed by atoms with Crippen LogP contribution in [-0.4, -0.2) is 55.7 Å². The molecule has 6 aromatic rings. The quantitative estimate of drug-likeness (QED) is 0.0573. The predicted molar refractivity (Wildman–Crippen MR) is 242 cm³/mol. The average Bonchev–Trinajstić information content (AvgIpc) is 4.14. The molecule has 2 aromatic heterocycles. The fourth-order valence-corrected chi connectivity index (χ4v) is 7.54. The number of benzene rings is 4. The largest absolute Gasteiger partial charge is 0.488 e. The molecular weight excluding hydrogens is 857 g/mol. The highest BCUT2D eigenvalue weighted by molar-refractivity contribution is 6.32. The number of rotatable bonds is 20. The Labute approximate surface area is 380 Å². The Balaban J connectivity index is 1.06. The Kier molecular flexibility index (Phi) is 14.8. The van der Waals surface area contributed by atoms with Gasteiger partial charge in [0.2, 0.25) is 0 Å². The van der Waals surface area contributed by atoms with Crippen LogP contribution < -0.4 is 24.3 Å². The third-order valence-corrected chi connectivity index (χ3v) is 11.4. The van der Waals surface area contributed by atoms with E-state index < -0.39 is 18.1 Å². The van der Waals surface area contributed by atoms with Gasteiger partial charge in [-0.2, -0.15) is 5.26 Å². The number of pyridine rings is 2. The minimum absolute atomic E-state index is 0.0154. The number of carbonyl (C=O) groups is 1. The molecule has 1 aliphatic rings. The molecule has 0 saturated carbocycles. The first kappa shape index (κ1) is 45.5. The molecule has 15 heteroatoms. The van der Waals surface area contributed by atoms with Crippen molar-refractivity contribution in [1.82, 2.24) is 15.3 Å². The average molecular weight is 903 g/mol. The maximum absolute atomic E-state index is 11.8. The van der Waals surface area contributed by atoms with Crippen LogP contribution in [0.4, 0.5) is 0 Å². The molecule has 1 aliphatic heterocycles. The molecule has 0 aliphatic carbocycles. The molecule has 0 spiro atoms. The van der Waals surface area contributed by atoms with Crippen molar-refractivity contribution in [3.63, 3.8) is 0 Å². The number of carboxylic acids is 1. The van der Waals surface area contributed by atoms with E-state index in [0.717, 1.165) is 56.8 Å².